The van der Waals surface area contributed by atoms with Crippen LogP contribution in [0.15, 0.2) is 34.7 Å². The molecule has 1 aliphatic carbocycles. The number of aryl methyl sites for hydroxylation is 2. The fourth-order valence-corrected chi connectivity index (χ4v) is 7.69. The van der Waals surface area contributed by atoms with Gasteiger partial charge in [-0.25, -0.2) is 23.4 Å². The van der Waals surface area contributed by atoms with E-state index in [0.29, 0.717) is 49.8 Å². The summed E-state index contributed by atoms with van der Waals surface area (Å²) in [7, 11) is -3.69. The Kier molecular flexibility index (Phi) is 5.42. The molecule has 8 nitrogen and oxygen atoms in total. The highest BCUT2D eigenvalue weighted by atomic mass is 32.2. The molecule has 0 bridgehead atoms. The minimum Gasteiger partial charge on any atom is -0.399 e. The Morgan fingerprint density at radius 1 is 1.15 bits per heavy atom. The molecular formula is C23H27N5O3S2. The summed E-state index contributed by atoms with van der Waals surface area (Å²) in [6, 6.07) is 9.29. The minimum absolute atomic E-state index is 0.122. The molecule has 2 fully saturated rings. The van der Waals surface area contributed by atoms with Crippen LogP contribution < -0.4 is 10.6 Å². The third-order valence-electron chi connectivity index (χ3n) is 6.47. The number of nitrogen functional groups attached to an aromatic ring is 1. The fraction of sp³-hybridized carbons (Fsp3) is 0.435. The number of hydrogen-bond donors (Lipinski definition) is 1. The van der Waals surface area contributed by atoms with Crippen molar-refractivity contribution in [1.82, 2.24) is 15.0 Å². The summed E-state index contributed by atoms with van der Waals surface area (Å²) in [6.45, 7) is 7.69. The van der Waals surface area contributed by atoms with Crippen LogP contribution >= 0.6 is 11.3 Å². The minimum atomic E-state index is -3.69. The fourth-order valence-electron chi connectivity index (χ4n) is 4.15. The molecule has 0 amide bonds. The second-order valence-corrected chi connectivity index (χ2v) is 12.4. The van der Waals surface area contributed by atoms with Crippen LogP contribution in [0.5, 0.6) is 0 Å². The maximum atomic E-state index is 13.8. The van der Waals surface area contributed by atoms with Gasteiger partial charge in [-0.3, -0.25) is 0 Å². The highest BCUT2D eigenvalue weighted by Gasteiger charge is 2.59. The summed E-state index contributed by atoms with van der Waals surface area (Å²) in [6.07, 6.45) is 1.03. The summed E-state index contributed by atoms with van der Waals surface area (Å²) < 4.78 is 32.2. The quantitative estimate of drug-likeness (QED) is 0.547. The molecule has 33 heavy (non-hydrogen) atoms. The Bertz CT molecular complexity index is 1280. The molecule has 5 rings (SSSR count). The van der Waals surface area contributed by atoms with Gasteiger partial charge in [0.05, 0.1) is 30.6 Å². The molecule has 0 unspecified atom stereocenters. The van der Waals surface area contributed by atoms with Crippen molar-refractivity contribution in [2.45, 2.75) is 48.7 Å². The van der Waals surface area contributed by atoms with E-state index in [1.165, 1.54) is 11.3 Å². The number of nitrogens with zero attached hydrogens (tertiary/aromatic N) is 4. The number of rotatable bonds is 5. The number of sulfone groups is 1. The zero-order valence-electron chi connectivity index (χ0n) is 18.9. The van der Waals surface area contributed by atoms with E-state index in [2.05, 4.69) is 16.8 Å². The smallest absolute Gasteiger partial charge is 0.216 e. The molecule has 0 spiro atoms. The normalized spacial score (nSPS) is 20.1. The van der Waals surface area contributed by atoms with Crippen LogP contribution in [0.4, 0.5) is 11.5 Å². The van der Waals surface area contributed by atoms with Crippen LogP contribution in [0, 0.1) is 13.8 Å². The molecule has 2 aliphatic rings. The summed E-state index contributed by atoms with van der Waals surface area (Å²) in [5.41, 5.74) is 8.59. The maximum absolute atomic E-state index is 13.8. The Labute approximate surface area is 197 Å². The molecule has 3 heterocycles. The Morgan fingerprint density at radius 3 is 2.48 bits per heavy atom. The molecule has 1 atom stereocenters. The Hall–Kier alpha value is -2.56. The number of hydrogen-bond acceptors (Lipinski definition) is 9. The van der Waals surface area contributed by atoms with Crippen molar-refractivity contribution in [2.75, 3.05) is 30.4 Å². The zero-order valence-corrected chi connectivity index (χ0v) is 20.5. The highest BCUT2D eigenvalue weighted by Crippen LogP contribution is 2.55. The molecule has 1 saturated carbocycles. The lowest BCUT2D eigenvalue weighted by Gasteiger charge is -2.34. The average Bonchev–Trinajstić information content (AvgIpc) is 3.55. The van der Waals surface area contributed by atoms with E-state index in [-0.39, 0.29) is 10.4 Å². The largest absolute Gasteiger partial charge is 0.399 e. The van der Waals surface area contributed by atoms with Gasteiger partial charge in [-0.2, -0.15) is 0 Å². The monoisotopic (exact) mass is 485 g/mol. The summed E-state index contributed by atoms with van der Waals surface area (Å²) in [4.78, 5) is 17.1. The van der Waals surface area contributed by atoms with Crippen LogP contribution in [0.1, 0.15) is 36.0 Å². The molecule has 2 aromatic heterocycles. The van der Waals surface area contributed by atoms with Gasteiger partial charge in [0, 0.05) is 28.7 Å². The average molecular weight is 486 g/mol. The molecule has 1 saturated heterocycles. The molecule has 3 aromatic rings. The van der Waals surface area contributed by atoms with Crippen molar-refractivity contribution in [3.05, 3.63) is 46.6 Å². The van der Waals surface area contributed by atoms with Gasteiger partial charge < -0.3 is 15.4 Å². The van der Waals surface area contributed by atoms with Crippen molar-refractivity contribution in [2.24, 2.45) is 0 Å². The van der Waals surface area contributed by atoms with E-state index in [1.807, 2.05) is 32.0 Å². The zero-order chi connectivity index (χ0) is 23.4. The summed E-state index contributed by atoms with van der Waals surface area (Å²) in [5, 5.41) is 0. The van der Waals surface area contributed by atoms with Crippen molar-refractivity contribution in [1.29, 1.82) is 0 Å². The third-order valence-corrected chi connectivity index (χ3v) is 10.4. The molecule has 2 N–H and O–H groups in total. The van der Waals surface area contributed by atoms with Crippen molar-refractivity contribution >= 4 is 32.7 Å². The number of nitrogens with two attached hydrogens (primary N) is 1. The predicted molar refractivity (Wildman–Crippen MR) is 129 cm³/mol. The lowest BCUT2D eigenvalue weighted by molar-refractivity contribution is 0.0985. The maximum Gasteiger partial charge on any atom is 0.216 e. The molecule has 0 radical (unpaired) electrons. The van der Waals surface area contributed by atoms with Crippen molar-refractivity contribution in [3.8, 4) is 11.4 Å². The summed E-state index contributed by atoms with van der Waals surface area (Å²) >= 11 is 1.23. The van der Waals surface area contributed by atoms with Crippen molar-refractivity contribution in [3.63, 3.8) is 0 Å². The van der Waals surface area contributed by atoms with Crippen LogP contribution in [0.25, 0.3) is 11.4 Å². The first-order chi connectivity index (χ1) is 15.7. The molecule has 174 valence electrons. The molecular weight excluding hydrogens is 458 g/mol. The van der Waals surface area contributed by atoms with E-state index < -0.39 is 14.6 Å². The van der Waals surface area contributed by atoms with Gasteiger partial charge in [0.2, 0.25) is 14.2 Å². The first-order valence-electron chi connectivity index (χ1n) is 11.0. The first kappa shape index (κ1) is 22.2. The molecule has 1 aromatic carbocycles. The van der Waals surface area contributed by atoms with Gasteiger partial charge in [0.15, 0.2) is 5.82 Å². The van der Waals surface area contributed by atoms with Crippen LogP contribution in [-0.4, -0.2) is 49.2 Å². The number of thiazole rings is 1. The first-order valence-corrected chi connectivity index (χ1v) is 13.3. The second kappa shape index (κ2) is 8.03. The van der Waals surface area contributed by atoms with Crippen LogP contribution in [-0.2, 0) is 19.3 Å². The van der Waals surface area contributed by atoms with Gasteiger partial charge in [-0.05, 0) is 57.9 Å². The van der Waals surface area contributed by atoms with E-state index in [9.17, 15) is 8.42 Å². The second-order valence-electron chi connectivity index (χ2n) is 8.79. The highest BCUT2D eigenvalue weighted by molar-refractivity contribution is 7.94. The molecule has 1 aliphatic heterocycles. The lowest BCUT2D eigenvalue weighted by Crippen LogP contribution is -2.44. The van der Waals surface area contributed by atoms with Gasteiger partial charge in [-0.1, -0.05) is 0 Å². The van der Waals surface area contributed by atoms with Crippen LogP contribution in [0.3, 0.4) is 0 Å². The number of anilines is 2. The number of morpholine rings is 1. The van der Waals surface area contributed by atoms with Crippen molar-refractivity contribution < 1.29 is 13.2 Å². The van der Waals surface area contributed by atoms with Gasteiger partial charge in [0.1, 0.15) is 10.6 Å². The number of benzene rings is 1. The topological polar surface area (TPSA) is 111 Å². The van der Waals surface area contributed by atoms with E-state index in [0.717, 1.165) is 22.0 Å². The predicted octanol–water partition coefficient (Wildman–Crippen LogP) is 3.49. The van der Waals surface area contributed by atoms with E-state index in [4.69, 9.17) is 20.4 Å². The van der Waals surface area contributed by atoms with Gasteiger partial charge >= 0.3 is 0 Å². The van der Waals surface area contributed by atoms with E-state index in [1.54, 1.807) is 12.1 Å². The lowest BCUT2D eigenvalue weighted by atomic mass is 10.1. The van der Waals surface area contributed by atoms with Crippen LogP contribution in [0.2, 0.25) is 0 Å². The van der Waals surface area contributed by atoms with Gasteiger partial charge in [-0.15, -0.1) is 11.3 Å². The SMILES string of the molecule is Cc1nc(S(=O)(=O)C2(c3cc(N4CCOC[C@@H]4C)nc(-c4ccc(N)cc4)n3)CC2)sc1C. The standard InChI is InChI=1S/C23H27N5O3S2/c1-14-13-31-11-10-28(14)20-12-19(26-21(27-20)17-4-6-18(24)7-5-17)23(8-9-23)33(29,30)22-25-15(2)16(3)32-22/h4-7,12,14H,8-11,13,24H2,1-3H3/t14-/m0/s1. The number of aromatic nitrogens is 3. The molecule has 10 heteroatoms. The number of ether oxygens (including phenoxy) is 1. The Morgan fingerprint density at radius 2 is 1.88 bits per heavy atom. The third kappa shape index (κ3) is 3.79. The Balaban J connectivity index is 1.65. The van der Waals surface area contributed by atoms with E-state index >= 15 is 0 Å². The van der Waals surface area contributed by atoms with Gasteiger partial charge in [0.25, 0.3) is 0 Å². The summed E-state index contributed by atoms with van der Waals surface area (Å²) in [5.74, 6) is 1.21.